The minimum Gasteiger partial charge on any atom is -0.0862 e. The van der Waals surface area contributed by atoms with Gasteiger partial charge in [0.1, 0.15) is 0 Å². The van der Waals surface area contributed by atoms with Crippen molar-refractivity contribution in [3.8, 4) is 0 Å². The van der Waals surface area contributed by atoms with Crippen molar-refractivity contribution < 1.29 is 0 Å². The first kappa shape index (κ1) is 12.9. The van der Waals surface area contributed by atoms with Crippen molar-refractivity contribution in [2.24, 2.45) is 10.2 Å². The van der Waals surface area contributed by atoms with Crippen LogP contribution in [0.25, 0.3) is 20.9 Å². The average Bonchev–Trinajstić information content (AvgIpc) is 2.30. The third kappa shape index (κ3) is 3.14. The Morgan fingerprint density at radius 1 is 1.06 bits per heavy atom. The van der Waals surface area contributed by atoms with Gasteiger partial charge in [0.25, 0.3) is 0 Å². The molecule has 1 rings (SSSR count). The Labute approximate surface area is 99.5 Å². The highest BCUT2D eigenvalue weighted by atomic mass is 15.1. The summed E-state index contributed by atoms with van der Waals surface area (Å²) in [5.41, 5.74) is 19.8. The van der Waals surface area contributed by atoms with Crippen LogP contribution in [0.15, 0.2) is 28.4 Å². The van der Waals surface area contributed by atoms with E-state index < -0.39 is 0 Å². The van der Waals surface area contributed by atoms with Crippen molar-refractivity contribution in [2.75, 3.05) is 0 Å². The summed E-state index contributed by atoms with van der Waals surface area (Å²) < 4.78 is 0. The van der Waals surface area contributed by atoms with Crippen LogP contribution in [0, 0.1) is 6.92 Å². The van der Waals surface area contributed by atoms with E-state index in [9.17, 15) is 0 Å². The van der Waals surface area contributed by atoms with Gasteiger partial charge in [-0.25, -0.2) is 0 Å². The molecule has 1 aromatic rings. The predicted octanol–water partition coefficient (Wildman–Crippen LogP) is 4.74. The number of hydrogen-bond acceptors (Lipinski definition) is 2. The molecule has 0 heterocycles. The Balaban J connectivity index is 3.18. The summed E-state index contributed by atoms with van der Waals surface area (Å²) >= 11 is 0. The van der Waals surface area contributed by atoms with E-state index in [2.05, 4.69) is 20.1 Å². The van der Waals surface area contributed by atoms with Crippen molar-refractivity contribution in [3.05, 3.63) is 55.8 Å². The van der Waals surface area contributed by atoms with Crippen LogP contribution in [0.1, 0.15) is 42.6 Å². The summed E-state index contributed by atoms with van der Waals surface area (Å²) in [7, 11) is 0. The molecular weight excluding hydrogens is 216 g/mol. The van der Waals surface area contributed by atoms with Crippen LogP contribution < -0.4 is 0 Å². The number of nitrogens with zero attached hydrogens (tertiary/aromatic N) is 6. The maximum Gasteiger partial charge on any atom is 0.0599 e. The third-order valence-corrected chi connectivity index (χ3v) is 2.69. The van der Waals surface area contributed by atoms with E-state index in [0.29, 0.717) is 0 Å². The first-order chi connectivity index (χ1) is 8.10. The van der Waals surface area contributed by atoms with Gasteiger partial charge in [-0.1, -0.05) is 42.3 Å². The Morgan fingerprint density at radius 3 is 2.24 bits per heavy atom. The molecule has 0 aliphatic heterocycles. The molecule has 0 aliphatic carbocycles. The Kier molecular flexibility index (Phi) is 4.40. The molecule has 6 nitrogen and oxygen atoms in total. The molecule has 6 heteroatoms. The normalized spacial score (nSPS) is 13.1. The second kappa shape index (κ2) is 5.80. The molecule has 0 amide bonds. The number of azide groups is 2. The standard InChI is InChI=1S/C11H14N6/c1-7-4-5-10(8(2)14-16-12)6-11(7)9(3)15-17-13/h4-6,8-9H,1-3H3. The maximum absolute atomic E-state index is 8.44. The number of rotatable bonds is 4. The van der Waals surface area contributed by atoms with Crippen LogP contribution in [-0.2, 0) is 0 Å². The fourth-order valence-electron chi connectivity index (χ4n) is 1.65. The van der Waals surface area contributed by atoms with Gasteiger partial charge in [0.2, 0.25) is 0 Å². The number of aryl methyl sites for hydroxylation is 1. The van der Waals surface area contributed by atoms with Gasteiger partial charge in [0.05, 0.1) is 12.1 Å². The number of hydrogen-bond donors (Lipinski definition) is 0. The molecule has 88 valence electrons. The molecule has 0 aliphatic rings. The topological polar surface area (TPSA) is 97.5 Å². The monoisotopic (exact) mass is 230 g/mol. The largest absolute Gasteiger partial charge is 0.0862 e. The highest BCUT2D eigenvalue weighted by Gasteiger charge is 2.10. The SMILES string of the molecule is Cc1ccc(C(C)N=[N+]=[N-])cc1C(C)N=[N+]=[N-]. The summed E-state index contributed by atoms with van der Waals surface area (Å²) in [5.74, 6) is 0. The lowest BCUT2D eigenvalue weighted by molar-refractivity contribution is 0.774. The molecular formula is C11H14N6. The van der Waals surface area contributed by atoms with Crippen molar-refractivity contribution in [1.29, 1.82) is 0 Å². The van der Waals surface area contributed by atoms with Crippen molar-refractivity contribution >= 4 is 0 Å². The zero-order valence-corrected chi connectivity index (χ0v) is 10.1. The first-order valence-electron chi connectivity index (χ1n) is 5.29. The van der Waals surface area contributed by atoms with E-state index in [1.165, 1.54) is 0 Å². The highest BCUT2D eigenvalue weighted by Crippen LogP contribution is 2.26. The summed E-state index contributed by atoms with van der Waals surface area (Å²) in [6.45, 7) is 5.62. The smallest absolute Gasteiger partial charge is 0.0599 e. The second-order valence-electron chi connectivity index (χ2n) is 3.88. The fraction of sp³-hybridized carbons (Fsp3) is 0.455. The molecule has 0 bridgehead atoms. The first-order valence-corrected chi connectivity index (χ1v) is 5.29. The molecule has 0 N–H and O–H groups in total. The van der Waals surface area contributed by atoms with E-state index in [4.69, 9.17) is 11.1 Å². The molecule has 17 heavy (non-hydrogen) atoms. The maximum atomic E-state index is 8.44. The minimum absolute atomic E-state index is 0.224. The lowest BCUT2D eigenvalue weighted by Gasteiger charge is -2.13. The van der Waals surface area contributed by atoms with Gasteiger partial charge in [-0.05, 0) is 34.7 Å². The number of benzene rings is 1. The predicted molar refractivity (Wildman–Crippen MR) is 66.3 cm³/mol. The lowest BCUT2D eigenvalue weighted by atomic mass is 9.97. The van der Waals surface area contributed by atoms with Crippen LogP contribution in [-0.4, -0.2) is 0 Å². The van der Waals surface area contributed by atoms with Crippen LogP contribution in [0.2, 0.25) is 0 Å². The van der Waals surface area contributed by atoms with Crippen molar-refractivity contribution in [3.63, 3.8) is 0 Å². The van der Waals surface area contributed by atoms with Gasteiger partial charge < -0.3 is 0 Å². The van der Waals surface area contributed by atoms with Gasteiger partial charge >= 0.3 is 0 Å². The zero-order chi connectivity index (χ0) is 12.8. The van der Waals surface area contributed by atoms with E-state index >= 15 is 0 Å². The van der Waals surface area contributed by atoms with Gasteiger partial charge in [0, 0.05) is 9.82 Å². The zero-order valence-electron chi connectivity index (χ0n) is 10.1. The molecule has 0 saturated heterocycles. The van der Waals surface area contributed by atoms with E-state index in [1.54, 1.807) is 0 Å². The minimum atomic E-state index is -0.224. The van der Waals surface area contributed by atoms with Gasteiger partial charge in [-0.15, -0.1) is 0 Å². The van der Waals surface area contributed by atoms with Crippen LogP contribution in [0.3, 0.4) is 0 Å². The fourth-order valence-corrected chi connectivity index (χ4v) is 1.65. The molecule has 2 atom stereocenters. The molecule has 0 radical (unpaired) electrons. The van der Waals surface area contributed by atoms with Gasteiger partial charge in [-0.3, -0.25) is 0 Å². The van der Waals surface area contributed by atoms with Gasteiger partial charge in [-0.2, -0.15) is 0 Å². The molecule has 2 unspecified atom stereocenters. The average molecular weight is 230 g/mol. The summed E-state index contributed by atoms with van der Waals surface area (Å²) in [6, 6.07) is 5.34. The van der Waals surface area contributed by atoms with Crippen molar-refractivity contribution in [1.82, 2.24) is 0 Å². The van der Waals surface area contributed by atoms with E-state index in [1.807, 2.05) is 39.0 Å². The quantitative estimate of drug-likeness (QED) is 0.405. The molecule has 0 spiro atoms. The Bertz CT molecular complexity index is 497. The highest BCUT2D eigenvalue weighted by molar-refractivity contribution is 5.34. The molecule has 0 aromatic heterocycles. The van der Waals surface area contributed by atoms with Crippen LogP contribution >= 0.6 is 0 Å². The van der Waals surface area contributed by atoms with Crippen LogP contribution in [0.5, 0.6) is 0 Å². The third-order valence-electron chi connectivity index (χ3n) is 2.69. The lowest BCUT2D eigenvalue weighted by Crippen LogP contribution is -1.97. The Hall–Kier alpha value is -2.16. The second-order valence-corrected chi connectivity index (χ2v) is 3.88. The molecule has 0 saturated carbocycles. The molecule has 0 fully saturated rings. The van der Waals surface area contributed by atoms with E-state index in [-0.39, 0.29) is 12.1 Å². The van der Waals surface area contributed by atoms with Crippen LogP contribution in [0.4, 0.5) is 0 Å². The summed E-state index contributed by atoms with van der Waals surface area (Å²) in [6.07, 6.45) is 0. The summed E-state index contributed by atoms with van der Waals surface area (Å²) in [4.78, 5) is 5.60. The Morgan fingerprint density at radius 2 is 1.65 bits per heavy atom. The van der Waals surface area contributed by atoms with Crippen molar-refractivity contribution in [2.45, 2.75) is 32.9 Å². The van der Waals surface area contributed by atoms with Gasteiger partial charge in [0.15, 0.2) is 0 Å². The molecule has 1 aromatic carbocycles. The van der Waals surface area contributed by atoms with E-state index in [0.717, 1.165) is 16.7 Å². The summed E-state index contributed by atoms with van der Waals surface area (Å²) in [5, 5.41) is 7.33.